The van der Waals surface area contributed by atoms with E-state index in [2.05, 4.69) is 21.0 Å². The Hall–Kier alpha value is -3.30. The highest BCUT2D eigenvalue weighted by molar-refractivity contribution is 7.89. The first-order valence-electron chi connectivity index (χ1n) is 10.2. The van der Waals surface area contributed by atoms with Gasteiger partial charge in [0.2, 0.25) is 15.9 Å². The van der Waals surface area contributed by atoms with E-state index in [4.69, 9.17) is 9.88 Å². The molecule has 5 rings (SSSR count). The maximum Gasteiger partial charge on any atom is 0.238 e. The van der Waals surface area contributed by atoms with E-state index in [0.29, 0.717) is 17.0 Å². The number of sulfonamides is 1. The van der Waals surface area contributed by atoms with Gasteiger partial charge in [-0.3, -0.25) is 0 Å². The first-order valence-corrected chi connectivity index (χ1v) is 11.7. The number of hydrogen-bond acceptors (Lipinski definition) is 5. The van der Waals surface area contributed by atoms with Crippen LogP contribution in [0.5, 0.6) is 5.88 Å². The van der Waals surface area contributed by atoms with Crippen LogP contribution < -0.4 is 9.88 Å². The number of nitrogens with one attached hydrogen (secondary N) is 1. The molecule has 1 aliphatic carbocycles. The van der Waals surface area contributed by atoms with Crippen LogP contribution in [0.25, 0.3) is 33.3 Å². The molecule has 32 heavy (non-hydrogen) atoms. The van der Waals surface area contributed by atoms with Gasteiger partial charge in [0.1, 0.15) is 11.5 Å². The molecule has 1 aromatic carbocycles. The van der Waals surface area contributed by atoms with E-state index in [1.807, 2.05) is 12.4 Å². The minimum absolute atomic E-state index is 0.0897. The van der Waals surface area contributed by atoms with Gasteiger partial charge >= 0.3 is 0 Å². The predicted octanol–water partition coefficient (Wildman–Crippen LogP) is 4.35. The second-order valence-electron chi connectivity index (χ2n) is 7.96. The topological polar surface area (TPSA) is 111 Å². The van der Waals surface area contributed by atoms with Crippen molar-refractivity contribution in [3.63, 3.8) is 0 Å². The standard InChI is InChI=1S/C23H21FN4O3S/c1-31-23-19(17-9-16(24)5-6-21(17)32(25,29)30)8-15(11-28-23)20-12-27-22-18(20)7-14(10-26-22)13-3-2-4-13/h5-13H,2-4H2,1H3,(H,26,27)(H2,25,29,30). The number of ether oxygens (including phenoxy) is 1. The Bertz CT molecular complexity index is 1450. The summed E-state index contributed by atoms with van der Waals surface area (Å²) in [5.74, 6) is 0.0995. The van der Waals surface area contributed by atoms with Gasteiger partial charge in [-0.05, 0) is 54.7 Å². The lowest BCUT2D eigenvalue weighted by atomic mass is 9.80. The third kappa shape index (κ3) is 3.53. The number of halogens is 1. The molecule has 0 bridgehead atoms. The Kier molecular flexibility index (Phi) is 4.94. The molecule has 4 aromatic rings. The molecule has 0 atom stereocenters. The van der Waals surface area contributed by atoms with Crippen molar-refractivity contribution in [2.75, 3.05) is 7.11 Å². The summed E-state index contributed by atoms with van der Waals surface area (Å²) < 4.78 is 43.7. The number of nitrogens with two attached hydrogens (primary N) is 1. The Balaban J connectivity index is 1.70. The summed E-state index contributed by atoms with van der Waals surface area (Å²) in [4.78, 5) is 11.9. The van der Waals surface area contributed by atoms with Crippen LogP contribution in [-0.2, 0) is 10.0 Å². The van der Waals surface area contributed by atoms with Gasteiger partial charge in [0.05, 0.1) is 12.0 Å². The Morgan fingerprint density at radius 1 is 1.09 bits per heavy atom. The zero-order chi connectivity index (χ0) is 22.5. The van der Waals surface area contributed by atoms with Crippen LogP contribution in [0, 0.1) is 5.82 Å². The van der Waals surface area contributed by atoms with Gasteiger partial charge in [0.15, 0.2) is 0 Å². The molecular weight excluding hydrogens is 431 g/mol. The van der Waals surface area contributed by atoms with Gasteiger partial charge < -0.3 is 9.72 Å². The fourth-order valence-electron chi connectivity index (χ4n) is 4.14. The van der Waals surface area contributed by atoms with Crippen molar-refractivity contribution >= 4 is 21.1 Å². The largest absolute Gasteiger partial charge is 0.481 e. The average Bonchev–Trinajstić information content (AvgIpc) is 3.14. The zero-order valence-electron chi connectivity index (χ0n) is 17.3. The first kappa shape index (κ1) is 20.6. The van der Waals surface area contributed by atoms with Crippen molar-refractivity contribution in [3.8, 4) is 28.1 Å². The van der Waals surface area contributed by atoms with E-state index in [9.17, 15) is 12.8 Å². The van der Waals surface area contributed by atoms with Crippen LogP contribution >= 0.6 is 0 Å². The fourth-order valence-corrected chi connectivity index (χ4v) is 4.87. The van der Waals surface area contributed by atoms with Gasteiger partial charge in [-0.15, -0.1) is 0 Å². The molecule has 3 N–H and O–H groups in total. The van der Waals surface area contributed by atoms with E-state index in [0.717, 1.165) is 47.6 Å². The lowest BCUT2D eigenvalue weighted by Crippen LogP contribution is -2.13. The fraction of sp³-hybridized carbons (Fsp3) is 0.217. The monoisotopic (exact) mass is 452 g/mol. The quantitative estimate of drug-likeness (QED) is 0.468. The highest BCUT2D eigenvalue weighted by Gasteiger charge is 2.23. The van der Waals surface area contributed by atoms with Gasteiger partial charge in [0.25, 0.3) is 0 Å². The molecular formula is C23H21FN4O3S. The Morgan fingerprint density at radius 3 is 2.59 bits per heavy atom. The molecule has 1 fully saturated rings. The SMILES string of the molecule is COc1ncc(-c2c[nH]c3ncc(C4CCC4)cc23)cc1-c1cc(F)ccc1S(N)(=O)=O. The highest BCUT2D eigenvalue weighted by atomic mass is 32.2. The number of primary sulfonamides is 1. The number of hydrogen-bond donors (Lipinski definition) is 2. The summed E-state index contributed by atoms with van der Waals surface area (Å²) in [6, 6.07) is 7.19. The number of H-pyrrole nitrogens is 1. The number of rotatable bonds is 5. The van der Waals surface area contributed by atoms with Gasteiger partial charge in [0, 0.05) is 46.2 Å². The van der Waals surface area contributed by atoms with Crippen molar-refractivity contribution in [3.05, 3.63) is 60.3 Å². The molecule has 9 heteroatoms. The normalized spacial score (nSPS) is 14.5. The first-order chi connectivity index (χ1) is 15.3. The van der Waals surface area contributed by atoms with Crippen LogP contribution in [0.3, 0.4) is 0 Å². The summed E-state index contributed by atoms with van der Waals surface area (Å²) in [5, 5.41) is 6.33. The molecule has 1 saturated carbocycles. The summed E-state index contributed by atoms with van der Waals surface area (Å²) in [6.45, 7) is 0. The van der Waals surface area contributed by atoms with Gasteiger partial charge in [-0.1, -0.05) is 6.42 Å². The van der Waals surface area contributed by atoms with Crippen LogP contribution in [0.1, 0.15) is 30.7 Å². The average molecular weight is 453 g/mol. The van der Waals surface area contributed by atoms with Crippen LogP contribution in [0.4, 0.5) is 4.39 Å². The summed E-state index contributed by atoms with van der Waals surface area (Å²) >= 11 is 0. The van der Waals surface area contributed by atoms with E-state index < -0.39 is 15.8 Å². The zero-order valence-corrected chi connectivity index (χ0v) is 18.1. The van der Waals surface area contributed by atoms with E-state index in [-0.39, 0.29) is 16.3 Å². The van der Waals surface area contributed by atoms with E-state index in [1.54, 1.807) is 12.3 Å². The van der Waals surface area contributed by atoms with Crippen molar-refractivity contribution in [2.24, 2.45) is 5.14 Å². The summed E-state index contributed by atoms with van der Waals surface area (Å²) in [5.41, 5.74) is 3.94. The molecule has 3 aromatic heterocycles. The number of benzene rings is 1. The molecule has 1 aliphatic rings. The highest BCUT2D eigenvalue weighted by Crippen LogP contribution is 2.40. The number of methoxy groups -OCH3 is 1. The van der Waals surface area contributed by atoms with Crippen molar-refractivity contribution in [1.82, 2.24) is 15.0 Å². The third-order valence-electron chi connectivity index (χ3n) is 6.02. The summed E-state index contributed by atoms with van der Waals surface area (Å²) in [7, 11) is -2.68. The van der Waals surface area contributed by atoms with Gasteiger partial charge in [-0.2, -0.15) is 0 Å². The Labute approximate surface area is 184 Å². The van der Waals surface area contributed by atoms with Crippen LogP contribution in [0.2, 0.25) is 0 Å². The van der Waals surface area contributed by atoms with Crippen molar-refractivity contribution < 1.29 is 17.5 Å². The van der Waals surface area contributed by atoms with Gasteiger partial charge in [-0.25, -0.2) is 27.9 Å². The Morgan fingerprint density at radius 2 is 1.91 bits per heavy atom. The summed E-state index contributed by atoms with van der Waals surface area (Å²) in [6.07, 6.45) is 8.94. The second-order valence-corrected chi connectivity index (χ2v) is 9.49. The van der Waals surface area contributed by atoms with Crippen molar-refractivity contribution in [2.45, 2.75) is 30.1 Å². The van der Waals surface area contributed by atoms with E-state index in [1.165, 1.54) is 19.1 Å². The number of fused-ring (bicyclic) bond motifs is 1. The molecule has 0 unspecified atom stereocenters. The minimum atomic E-state index is -4.10. The number of pyridine rings is 2. The minimum Gasteiger partial charge on any atom is -0.481 e. The molecule has 0 amide bonds. The van der Waals surface area contributed by atoms with Crippen LogP contribution in [-0.4, -0.2) is 30.5 Å². The molecule has 0 saturated heterocycles. The lowest BCUT2D eigenvalue weighted by Gasteiger charge is -2.25. The number of nitrogens with zero attached hydrogens (tertiary/aromatic N) is 2. The maximum absolute atomic E-state index is 14.1. The molecule has 3 heterocycles. The number of aromatic nitrogens is 3. The predicted molar refractivity (Wildman–Crippen MR) is 119 cm³/mol. The second kappa shape index (κ2) is 7.68. The maximum atomic E-state index is 14.1. The lowest BCUT2D eigenvalue weighted by molar-refractivity contribution is 0.399. The van der Waals surface area contributed by atoms with Crippen molar-refractivity contribution in [1.29, 1.82) is 0 Å². The molecule has 7 nitrogen and oxygen atoms in total. The molecule has 164 valence electrons. The smallest absolute Gasteiger partial charge is 0.238 e. The third-order valence-corrected chi connectivity index (χ3v) is 6.99. The molecule has 0 spiro atoms. The van der Waals surface area contributed by atoms with Crippen LogP contribution in [0.15, 0.2) is 53.8 Å². The number of aromatic amines is 1. The molecule has 0 aliphatic heterocycles. The van der Waals surface area contributed by atoms with E-state index >= 15 is 0 Å². The molecule has 0 radical (unpaired) electrons.